The summed E-state index contributed by atoms with van der Waals surface area (Å²) in [5.74, 6) is -0.389. The van der Waals surface area contributed by atoms with E-state index in [0.717, 1.165) is 11.3 Å². The van der Waals surface area contributed by atoms with Crippen molar-refractivity contribution in [3.8, 4) is 0 Å². The number of carbonyl (C=O) groups is 1. The van der Waals surface area contributed by atoms with Crippen LogP contribution in [-0.4, -0.2) is 20.7 Å². The lowest BCUT2D eigenvalue weighted by Crippen LogP contribution is -2.28. The van der Waals surface area contributed by atoms with Crippen molar-refractivity contribution in [2.45, 2.75) is 13.5 Å². The monoisotopic (exact) mass is 246 g/mol. The average Bonchev–Trinajstić information content (AvgIpc) is 2.72. The first-order chi connectivity index (χ1) is 8.56. The molecule has 2 aromatic heterocycles. The molecular formula is C12H14N4O2. The predicted molar refractivity (Wildman–Crippen MR) is 66.2 cm³/mol. The molecule has 2 heterocycles. The molecule has 6 heteroatoms. The van der Waals surface area contributed by atoms with Crippen molar-refractivity contribution in [1.82, 2.24) is 20.1 Å². The summed E-state index contributed by atoms with van der Waals surface area (Å²) in [4.78, 5) is 26.2. The van der Waals surface area contributed by atoms with Gasteiger partial charge in [0.1, 0.15) is 5.56 Å². The Hall–Kier alpha value is -2.37. The first kappa shape index (κ1) is 12.1. The van der Waals surface area contributed by atoms with E-state index >= 15 is 0 Å². The summed E-state index contributed by atoms with van der Waals surface area (Å²) in [6.07, 6.45) is 4.90. The van der Waals surface area contributed by atoms with Crippen LogP contribution in [0.3, 0.4) is 0 Å². The fourth-order valence-electron chi connectivity index (χ4n) is 1.59. The first-order valence-electron chi connectivity index (χ1n) is 5.51. The molecule has 0 spiro atoms. The smallest absolute Gasteiger partial charge is 0.257 e. The third-order valence-electron chi connectivity index (χ3n) is 2.51. The number of nitrogens with zero attached hydrogens (tertiary/aromatic N) is 2. The Bertz CT molecular complexity index is 627. The Morgan fingerprint density at radius 3 is 2.94 bits per heavy atom. The van der Waals surface area contributed by atoms with Crippen LogP contribution in [0.25, 0.3) is 0 Å². The molecular weight excluding hydrogens is 232 g/mol. The normalized spacial score (nSPS) is 10.3. The molecule has 0 fully saturated rings. The molecule has 2 N–H and O–H groups in total. The van der Waals surface area contributed by atoms with Crippen molar-refractivity contribution in [3.63, 3.8) is 0 Å². The number of hydrogen-bond donors (Lipinski definition) is 2. The van der Waals surface area contributed by atoms with Gasteiger partial charge in [-0.3, -0.25) is 14.3 Å². The first-order valence-corrected chi connectivity index (χ1v) is 5.51. The zero-order valence-electron chi connectivity index (χ0n) is 10.2. The van der Waals surface area contributed by atoms with Crippen LogP contribution in [0.4, 0.5) is 0 Å². The predicted octanol–water partition coefficient (Wildman–Crippen LogP) is 0.347. The molecule has 0 aliphatic rings. The van der Waals surface area contributed by atoms with Gasteiger partial charge in [-0.25, -0.2) is 0 Å². The lowest BCUT2D eigenvalue weighted by atomic mass is 10.2. The molecule has 2 rings (SSSR count). The SMILES string of the molecule is Cc1cc(=O)c(C(=O)NCc2cnn(C)c2)c[nH]1. The van der Waals surface area contributed by atoms with Crippen LogP contribution in [-0.2, 0) is 13.6 Å². The van der Waals surface area contributed by atoms with E-state index in [1.165, 1.54) is 12.3 Å². The van der Waals surface area contributed by atoms with Gasteiger partial charge in [-0.05, 0) is 6.92 Å². The van der Waals surface area contributed by atoms with Crippen molar-refractivity contribution >= 4 is 5.91 Å². The van der Waals surface area contributed by atoms with E-state index in [4.69, 9.17) is 0 Å². The maximum Gasteiger partial charge on any atom is 0.257 e. The molecule has 94 valence electrons. The average molecular weight is 246 g/mol. The summed E-state index contributed by atoms with van der Waals surface area (Å²) >= 11 is 0. The highest BCUT2D eigenvalue weighted by molar-refractivity contribution is 5.93. The number of rotatable bonds is 3. The number of aryl methyl sites for hydroxylation is 2. The molecule has 0 aliphatic heterocycles. The number of nitrogens with one attached hydrogen (secondary N) is 2. The van der Waals surface area contributed by atoms with Crippen LogP contribution in [0.1, 0.15) is 21.6 Å². The number of hydrogen-bond acceptors (Lipinski definition) is 3. The van der Waals surface area contributed by atoms with Crippen molar-refractivity contribution < 1.29 is 4.79 Å². The molecule has 2 aromatic rings. The third kappa shape index (κ3) is 2.65. The number of H-pyrrole nitrogens is 1. The number of carbonyl (C=O) groups excluding carboxylic acids is 1. The molecule has 0 aliphatic carbocycles. The molecule has 0 atom stereocenters. The maximum absolute atomic E-state index is 11.8. The Morgan fingerprint density at radius 2 is 2.33 bits per heavy atom. The zero-order valence-corrected chi connectivity index (χ0v) is 10.2. The summed E-state index contributed by atoms with van der Waals surface area (Å²) in [5, 5.41) is 6.67. The lowest BCUT2D eigenvalue weighted by molar-refractivity contribution is 0.0949. The maximum atomic E-state index is 11.8. The summed E-state index contributed by atoms with van der Waals surface area (Å²) < 4.78 is 1.65. The Balaban J connectivity index is 2.06. The summed E-state index contributed by atoms with van der Waals surface area (Å²) in [6, 6.07) is 1.40. The molecule has 0 aromatic carbocycles. The summed E-state index contributed by atoms with van der Waals surface area (Å²) in [6.45, 7) is 2.11. The minimum Gasteiger partial charge on any atom is -0.364 e. The van der Waals surface area contributed by atoms with Crippen molar-refractivity contribution in [2.75, 3.05) is 0 Å². The highest BCUT2D eigenvalue weighted by atomic mass is 16.2. The minimum atomic E-state index is -0.389. The van der Waals surface area contributed by atoms with Gasteiger partial charge in [-0.2, -0.15) is 5.10 Å². The Kier molecular flexibility index (Phi) is 3.27. The van der Waals surface area contributed by atoms with Crippen LogP contribution in [0.15, 0.2) is 29.5 Å². The molecule has 0 radical (unpaired) electrons. The number of amides is 1. The van der Waals surface area contributed by atoms with Gasteiger partial charge in [0, 0.05) is 43.3 Å². The molecule has 0 unspecified atom stereocenters. The van der Waals surface area contributed by atoms with Gasteiger partial charge in [0.05, 0.1) is 6.20 Å². The number of pyridine rings is 1. The van der Waals surface area contributed by atoms with E-state index in [1.807, 2.05) is 0 Å². The van der Waals surface area contributed by atoms with Crippen molar-refractivity contribution in [1.29, 1.82) is 0 Å². The Labute approximate surface area is 104 Å². The van der Waals surface area contributed by atoms with Gasteiger partial charge >= 0.3 is 0 Å². The quantitative estimate of drug-likeness (QED) is 0.820. The van der Waals surface area contributed by atoms with Crippen LogP contribution in [0.5, 0.6) is 0 Å². The van der Waals surface area contributed by atoms with E-state index in [1.54, 1.807) is 31.0 Å². The highest BCUT2D eigenvalue weighted by Gasteiger charge is 2.09. The summed E-state index contributed by atoms with van der Waals surface area (Å²) in [7, 11) is 1.80. The Morgan fingerprint density at radius 1 is 1.56 bits per heavy atom. The van der Waals surface area contributed by atoms with E-state index in [-0.39, 0.29) is 16.9 Å². The van der Waals surface area contributed by atoms with Crippen LogP contribution < -0.4 is 10.7 Å². The van der Waals surface area contributed by atoms with E-state index in [9.17, 15) is 9.59 Å². The fraction of sp³-hybridized carbons (Fsp3) is 0.250. The molecule has 0 saturated carbocycles. The second kappa shape index (κ2) is 4.87. The number of aromatic nitrogens is 3. The second-order valence-electron chi connectivity index (χ2n) is 4.10. The van der Waals surface area contributed by atoms with Crippen molar-refractivity contribution in [3.05, 3.63) is 51.7 Å². The van der Waals surface area contributed by atoms with Gasteiger partial charge in [-0.1, -0.05) is 0 Å². The molecule has 6 nitrogen and oxygen atoms in total. The molecule has 0 bridgehead atoms. The van der Waals surface area contributed by atoms with Gasteiger partial charge in [-0.15, -0.1) is 0 Å². The minimum absolute atomic E-state index is 0.115. The highest BCUT2D eigenvalue weighted by Crippen LogP contribution is 1.97. The van der Waals surface area contributed by atoms with Crippen LogP contribution in [0.2, 0.25) is 0 Å². The number of aromatic amines is 1. The van der Waals surface area contributed by atoms with Gasteiger partial charge < -0.3 is 10.3 Å². The lowest BCUT2D eigenvalue weighted by Gasteiger charge is -2.03. The fourth-order valence-corrected chi connectivity index (χ4v) is 1.59. The van der Waals surface area contributed by atoms with E-state index < -0.39 is 0 Å². The van der Waals surface area contributed by atoms with Crippen LogP contribution >= 0.6 is 0 Å². The van der Waals surface area contributed by atoms with Gasteiger partial charge in [0.25, 0.3) is 5.91 Å². The van der Waals surface area contributed by atoms with Gasteiger partial charge in [0.15, 0.2) is 5.43 Å². The molecule has 1 amide bonds. The molecule has 18 heavy (non-hydrogen) atoms. The second-order valence-corrected chi connectivity index (χ2v) is 4.10. The summed E-state index contributed by atoms with van der Waals surface area (Å²) in [5.41, 5.74) is 1.44. The molecule has 0 saturated heterocycles. The van der Waals surface area contributed by atoms with Gasteiger partial charge in [0.2, 0.25) is 0 Å². The standard InChI is InChI=1S/C12H14N4O2/c1-8-3-11(17)10(6-13-8)12(18)14-4-9-5-15-16(2)7-9/h3,5-7H,4H2,1-2H3,(H,13,17)(H,14,18). The third-order valence-corrected chi connectivity index (χ3v) is 2.51. The van der Waals surface area contributed by atoms with E-state index in [0.29, 0.717) is 6.54 Å². The van der Waals surface area contributed by atoms with E-state index in [2.05, 4.69) is 15.4 Å². The van der Waals surface area contributed by atoms with Crippen molar-refractivity contribution in [2.24, 2.45) is 7.05 Å². The largest absolute Gasteiger partial charge is 0.364 e. The zero-order chi connectivity index (χ0) is 13.1. The topological polar surface area (TPSA) is 79.8 Å². The van der Waals surface area contributed by atoms with Crippen LogP contribution in [0, 0.1) is 6.92 Å².